The van der Waals surface area contributed by atoms with Crippen LogP contribution < -0.4 is 14.8 Å². The number of nitrogens with one attached hydrogen (secondary N) is 1. The first kappa shape index (κ1) is 18.2. The second-order valence-corrected chi connectivity index (χ2v) is 6.93. The first-order valence-corrected chi connectivity index (χ1v) is 8.82. The predicted octanol–water partition coefficient (Wildman–Crippen LogP) is 2.39. The molecule has 2 atom stereocenters. The maximum absolute atomic E-state index is 12.9. The normalized spacial score (nSPS) is 25.3. The van der Waals surface area contributed by atoms with E-state index in [1.54, 1.807) is 18.2 Å². The number of imide groups is 1. The van der Waals surface area contributed by atoms with E-state index in [0.717, 1.165) is 24.2 Å². The first-order chi connectivity index (χ1) is 12.4. The molecule has 2 unspecified atom stereocenters. The maximum atomic E-state index is 12.9. The number of ether oxygens (including phenoxy) is 2. The number of hydrogen-bond donors (Lipinski definition) is 1. The minimum atomic E-state index is -0.854. The van der Waals surface area contributed by atoms with E-state index in [1.807, 2.05) is 6.92 Å². The molecule has 1 N–H and O–H groups in total. The molecule has 7 nitrogen and oxygen atoms in total. The highest BCUT2D eigenvalue weighted by atomic mass is 16.5. The number of Topliss-reactive ketones (excluding diaryl/α,β-unsaturated/α-hetero) is 1. The Hall–Kier alpha value is -2.57. The summed E-state index contributed by atoms with van der Waals surface area (Å²) in [5.74, 6) is 0.384. The van der Waals surface area contributed by atoms with Gasteiger partial charge < -0.3 is 14.8 Å². The van der Waals surface area contributed by atoms with Crippen LogP contribution in [-0.4, -0.2) is 48.9 Å². The van der Waals surface area contributed by atoms with Gasteiger partial charge in [-0.3, -0.25) is 14.5 Å². The van der Waals surface area contributed by atoms with Crippen LogP contribution in [0.1, 0.15) is 43.0 Å². The number of rotatable bonds is 5. The minimum absolute atomic E-state index is 0.0638. The lowest BCUT2D eigenvalue weighted by Gasteiger charge is -2.36. The van der Waals surface area contributed by atoms with Gasteiger partial charge in [-0.25, -0.2) is 4.79 Å². The number of nitrogens with zero attached hydrogens (tertiary/aromatic N) is 1. The molecule has 1 saturated heterocycles. The Balaban J connectivity index is 1.79. The lowest BCUT2D eigenvalue weighted by Crippen LogP contribution is -2.54. The summed E-state index contributed by atoms with van der Waals surface area (Å²) in [6.07, 6.45) is 3.47. The second-order valence-electron chi connectivity index (χ2n) is 6.93. The van der Waals surface area contributed by atoms with E-state index in [-0.39, 0.29) is 24.2 Å². The first-order valence-electron chi connectivity index (χ1n) is 8.82. The van der Waals surface area contributed by atoms with Gasteiger partial charge in [0.15, 0.2) is 17.3 Å². The molecule has 3 amide bonds. The van der Waals surface area contributed by atoms with Crippen molar-refractivity contribution in [2.24, 2.45) is 5.92 Å². The fourth-order valence-electron chi connectivity index (χ4n) is 3.88. The third-order valence-corrected chi connectivity index (χ3v) is 5.51. The molecular weight excluding hydrogens is 336 g/mol. The van der Waals surface area contributed by atoms with Gasteiger partial charge in [0.25, 0.3) is 5.91 Å². The fraction of sp³-hybridized carbons (Fsp3) is 0.526. The second kappa shape index (κ2) is 6.97. The molecule has 1 aliphatic heterocycles. The lowest BCUT2D eigenvalue weighted by molar-refractivity contribution is -0.133. The van der Waals surface area contributed by atoms with Crippen molar-refractivity contribution in [3.63, 3.8) is 0 Å². The van der Waals surface area contributed by atoms with E-state index in [0.29, 0.717) is 23.5 Å². The van der Waals surface area contributed by atoms with Crippen molar-refractivity contribution >= 4 is 17.7 Å². The van der Waals surface area contributed by atoms with E-state index in [9.17, 15) is 14.4 Å². The zero-order valence-electron chi connectivity index (χ0n) is 15.3. The molecular formula is C19H24N2O5. The fourth-order valence-corrected chi connectivity index (χ4v) is 3.88. The Morgan fingerprint density at radius 1 is 1.23 bits per heavy atom. The Morgan fingerprint density at radius 2 is 1.96 bits per heavy atom. The molecule has 1 heterocycles. The number of ketones is 1. The summed E-state index contributed by atoms with van der Waals surface area (Å²) in [5, 5.41) is 2.86. The van der Waals surface area contributed by atoms with Crippen LogP contribution in [0.4, 0.5) is 4.79 Å². The largest absolute Gasteiger partial charge is 0.493 e. The third kappa shape index (κ3) is 2.91. The maximum Gasteiger partial charge on any atom is 0.325 e. The average Bonchev–Trinajstić information content (AvgIpc) is 2.88. The van der Waals surface area contributed by atoms with E-state index in [4.69, 9.17) is 9.47 Å². The zero-order valence-corrected chi connectivity index (χ0v) is 15.3. The summed E-state index contributed by atoms with van der Waals surface area (Å²) < 4.78 is 10.4. The summed E-state index contributed by atoms with van der Waals surface area (Å²) in [6.45, 7) is 1.70. The molecule has 0 radical (unpaired) electrons. The van der Waals surface area contributed by atoms with Crippen LogP contribution in [0.5, 0.6) is 11.5 Å². The topological polar surface area (TPSA) is 84.9 Å². The van der Waals surface area contributed by atoms with Crippen molar-refractivity contribution in [1.82, 2.24) is 10.2 Å². The molecule has 2 aliphatic rings. The molecule has 26 heavy (non-hydrogen) atoms. The summed E-state index contributed by atoms with van der Waals surface area (Å²) in [5.41, 5.74) is -0.492. The molecule has 1 saturated carbocycles. The Kier molecular flexibility index (Phi) is 4.89. The molecule has 1 aromatic carbocycles. The number of amides is 3. The molecule has 0 aromatic heterocycles. The summed E-state index contributed by atoms with van der Waals surface area (Å²) >= 11 is 0. The zero-order chi connectivity index (χ0) is 18.9. The SMILES string of the molecule is COc1ccc(C(=O)CN2C(=O)NC3(CCCCC3C)C2=O)cc1OC. The van der Waals surface area contributed by atoms with Crippen LogP contribution in [-0.2, 0) is 4.79 Å². The highest BCUT2D eigenvalue weighted by Crippen LogP contribution is 2.38. The number of methoxy groups -OCH3 is 2. The van der Waals surface area contributed by atoms with E-state index in [1.165, 1.54) is 14.2 Å². The summed E-state index contributed by atoms with van der Waals surface area (Å²) in [4.78, 5) is 39.0. The van der Waals surface area contributed by atoms with E-state index >= 15 is 0 Å². The van der Waals surface area contributed by atoms with Crippen molar-refractivity contribution in [2.45, 2.75) is 38.1 Å². The molecule has 0 bridgehead atoms. The minimum Gasteiger partial charge on any atom is -0.493 e. The van der Waals surface area contributed by atoms with Crippen LogP contribution in [0.15, 0.2) is 18.2 Å². The third-order valence-electron chi connectivity index (χ3n) is 5.51. The summed E-state index contributed by atoms with van der Waals surface area (Å²) in [7, 11) is 3.00. The van der Waals surface area contributed by atoms with Crippen molar-refractivity contribution in [3.05, 3.63) is 23.8 Å². The quantitative estimate of drug-likeness (QED) is 0.644. The molecule has 1 aromatic rings. The van der Waals surface area contributed by atoms with Crippen LogP contribution in [0, 0.1) is 5.92 Å². The van der Waals surface area contributed by atoms with Crippen LogP contribution >= 0.6 is 0 Å². The highest BCUT2D eigenvalue weighted by Gasteiger charge is 2.55. The summed E-state index contributed by atoms with van der Waals surface area (Å²) in [6, 6.07) is 4.29. The van der Waals surface area contributed by atoms with Gasteiger partial charge in [-0.2, -0.15) is 0 Å². The van der Waals surface area contributed by atoms with Crippen LogP contribution in [0.25, 0.3) is 0 Å². The Morgan fingerprint density at radius 3 is 2.62 bits per heavy atom. The monoisotopic (exact) mass is 360 g/mol. The van der Waals surface area contributed by atoms with Gasteiger partial charge in [0.05, 0.1) is 20.8 Å². The standard InChI is InChI=1S/C19H24N2O5/c1-12-6-4-5-9-19(12)17(23)21(18(24)20-19)11-14(22)13-7-8-15(25-2)16(10-13)26-3/h7-8,10,12H,4-6,9,11H2,1-3H3,(H,20,24). The van der Waals surface area contributed by atoms with Crippen LogP contribution in [0.2, 0.25) is 0 Å². The van der Waals surface area contributed by atoms with Gasteiger partial charge in [0.2, 0.25) is 0 Å². The van der Waals surface area contributed by atoms with Gasteiger partial charge in [-0.15, -0.1) is 0 Å². The number of hydrogen-bond acceptors (Lipinski definition) is 5. The van der Waals surface area contributed by atoms with Crippen molar-refractivity contribution in [1.29, 1.82) is 0 Å². The Bertz CT molecular complexity index is 747. The number of benzene rings is 1. The van der Waals surface area contributed by atoms with Gasteiger partial charge in [0, 0.05) is 5.56 Å². The van der Waals surface area contributed by atoms with Crippen molar-refractivity contribution in [3.8, 4) is 11.5 Å². The molecule has 3 rings (SSSR count). The average molecular weight is 360 g/mol. The number of carbonyl (C=O) groups is 3. The van der Waals surface area contributed by atoms with E-state index < -0.39 is 11.6 Å². The van der Waals surface area contributed by atoms with Gasteiger partial charge in [-0.05, 0) is 37.0 Å². The highest BCUT2D eigenvalue weighted by molar-refractivity contribution is 6.11. The van der Waals surface area contributed by atoms with Crippen molar-refractivity contribution in [2.75, 3.05) is 20.8 Å². The molecule has 2 fully saturated rings. The molecule has 1 spiro atoms. The lowest BCUT2D eigenvalue weighted by atomic mass is 9.73. The molecule has 1 aliphatic carbocycles. The van der Waals surface area contributed by atoms with Crippen LogP contribution in [0.3, 0.4) is 0 Å². The number of urea groups is 1. The predicted molar refractivity (Wildman–Crippen MR) is 94.5 cm³/mol. The molecule has 140 valence electrons. The van der Waals surface area contributed by atoms with Gasteiger partial charge in [0.1, 0.15) is 5.54 Å². The van der Waals surface area contributed by atoms with Gasteiger partial charge >= 0.3 is 6.03 Å². The van der Waals surface area contributed by atoms with E-state index in [2.05, 4.69) is 5.32 Å². The van der Waals surface area contributed by atoms with Crippen molar-refractivity contribution < 1.29 is 23.9 Å². The smallest absolute Gasteiger partial charge is 0.325 e. The number of carbonyl (C=O) groups excluding carboxylic acids is 3. The molecule has 7 heteroatoms. The Labute approximate surface area is 152 Å². The van der Waals surface area contributed by atoms with Gasteiger partial charge in [-0.1, -0.05) is 19.8 Å².